The lowest BCUT2D eigenvalue weighted by Gasteiger charge is -2.47. The van der Waals surface area contributed by atoms with E-state index in [0.717, 1.165) is 18.5 Å². The number of likely N-dealkylation sites (N-methyl/N-ethyl adjacent to an activating group) is 1. The zero-order valence-corrected chi connectivity index (χ0v) is 11.7. The molecule has 2 N–H and O–H groups in total. The summed E-state index contributed by atoms with van der Waals surface area (Å²) in [5.74, 6) is 0.400. The lowest BCUT2D eigenvalue weighted by molar-refractivity contribution is 0.346. The highest BCUT2D eigenvalue weighted by Gasteiger charge is 2.45. The van der Waals surface area contributed by atoms with E-state index in [1.165, 1.54) is 16.7 Å². The van der Waals surface area contributed by atoms with E-state index in [1.807, 2.05) is 13.1 Å². The molecule has 3 rings (SSSR count). The molecule has 0 saturated heterocycles. The molecule has 0 aromatic carbocycles. The van der Waals surface area contributed by atoms with E-state index in [2.05, 4.69) is 36.3 Å². The van der Waals surface area contributed by atoms with Crippen LogP contribution in [0.5, 0.6) is 0 Å². The number of fused-ring (bicyclic) bond motifs is 4. The van der Waals surface area contributed by atoms with Crippen LogP contribution in [0.2, 0.25) is 0 Å². The van der Waals surface area contributed by atoms with Gasteiger partial charge in [0.25, 0.3) is 0 Å². The van der Waals surface area contributed by atoms with Crippen LogP contribution in [-0.4, -0.2) is 12.0 Å². The minimum absolute atomic E-state index is 0.00675. The minimum atomic E-state index is -0.143. The van der Waals surface area contributed by atoms with Gasteiger partial charge < -0.3 is 10.3 Å². The summed E-state index contributed by atoms with van der Waals surface area (Å²) in [5.41, 5.74) is 5.01. The molecular weight excluding hydrogens is 236 g/mol. The second kappa shape index (κ2) is 4.20. The third kappa shape index (κ3) is 1.65. The summed E-state index contributed by atoms with van der Waals surface area (Å²) in [5, 5.41) is 3.52. The van der Waals surface area contributed by atoms with Crippen LogP contribution in [0.15, 0.2) is 40.2 Å². The van der Waals surface area contributed by atoms with Crippen LogP contribution in [0.3, 0.4) is 0 Å². The van der Waals surface area contributed by atoms with Gasteiger partial charge in [-0.05, 0) is 50.9 Å². The highest BCUT2D eigenvalue weighted by molar-refractivity contribution is 5.49. The van der Waals surface area contributed by atoms with E-state index in [0.29, 0.717) is 5.92 Å². The standard InChI is InChI=1S/C16H20N2O/c1-4-12-11-7-10(2)9-16(12,17-3)13-5-6-15(19)18-14(13)8-11/h4-7,11,17H,8-9H2,1-3H3,(H,18,19)/b12-4+/t11?,16-/m0/s1. The number of aromatic amines is 1. The van der Waals surface area contributed by atoms with Crippen molar-refractivity contribution < 1.29 is 0 Å². The summed E-state index contributed by atoms with van der Waals surface area (Å²) < 4.78 is 0. The molecule has 0 spiro atoms. The molecule has 0 amide bonds. The van der Waals surface area contributed by atoms with E-state index in [4.69, 9.17) is 0 Å². The first-order chi connectivity index (χ1) is 9.10. The van der Waals surface area contributed by atoms with E-state index in [9.17, 15) is 4.79 Å². The lowest BCUT2D eigenvalue weighted by atomic mass is 9.63. The second-order valence-corrected chi connectivity index (χ2v) is 5.61. The van der Waals surface area contributed by atoms with Crippen LogP contribution < -0.4 is 10.9 Å². The smallest absolute Gasteiger partial charge is 0.248 e. The molecule has 3 heteroatoms. The van der Waals surface area contributed by atoms with Crippen molar-refractivity contribution in [2.45, 2.75) is 32.2 Å². The summed E-state index contributed by atoms with van der Waals surface area (Å²) in [6, 6.07) is 3.63. The van der Waals surface area contributed by atoms with Crippen molar-refractivity contribution in [1.82, 2.24) is 10.3 Å². The molecule has 1 unspecified atom stereocenters. The highest BCUT2D eigenvalue weighted by atomic mass is 16.1. The monoisotopic (exact) mass is 256 g/mol. The molecule has 2 bridgehead atoms. The molecule has 0 saturated carbocycles. The van der Waals surface area contributed by atoms with E-state index in [1.54, 1.807) is 6.07 Å². The Morgan fingerprint density at radius 2 is 2.26 bits per heavy atom. The summed E-state index contributed by atoms with van der Waals surface area (Å²) in [6.45, 7) is 4.31. The fraction of sp³-hybridized carbons (Fsp3) is 0.438. The Morgan fingerprint density at radius 1 is 1.47 bits per heavy atom. The summed E-state index contributed by atoms with van der Waals surface area (Å²) in [6.07, 6.45) is 6.45. The molecule has 1 aromatic rings. The number of hydrogen-bond donors (Lipinski definition) is 2. The van der Waals surface area contributed by atoms with Crippen molar-refractivity contribution in [3.8, 4) is 0 Å². The van der Waals surface area contributed by atoms with Gasteiger partial charge in [0.05, 0.1) is 5.54 Å². The molecule has 1 heterocycles. The van der Waals surface area contributed by atoms with E-state index >= 15 is 0 Å². The second-order valence-electron chi connectivity index (χ2n) is 5.61. The summed E-state index contributed by atoms with van der Waals surface area (Å²) >= 11 is 0. The van der Waals surface area contributed by atoms with E-state index in [-0.39, 0.29) is 11.1 Å². The zero-order valence-electron chi connectivity index (χ0n) is 11.7. The van der Waals surface area contributed by atoms with Crippen molar-refractivity contribution in [3.63, 3.8) is 0 Å². The molecular formula is C16H20N2O. The van der Waals surface area contributed by atoms with Gasteiger partial charge in [-0.15, -0.1) is 0 Å². The van der Waals surface area contributed by atoms with Crippen LogP contribution in [0.25, 0.3) is 0 Å². The Labute approximate surface area is 113 Å². The number of nitrogens with one attached hydrogen (secondary N) is 2. The van der Waals surface area contributed by atoms with Gasteiger partial charge in [0.1, 0.15) is 0 Å². The molecule has 1 aromatic heterocycles. The maximum Gasteiger partial charge on any atom is 0.248 e. The Kier molecular flexibility index (Phi) is 2.75. The minimum Gasteiger partial charge on any atom is -0.326 e. The van der Waals surface area contributed by atoms with Gasteiger partial charge in [-0.1, -0.05) is 17.7 Å². The van der Waals surface area contributed by atoms with Crippen LogP contribution in [-0.2, 0) is 12.0 Å². The third-order valence-corrected chi connectivity index (χ3v) is 4.54. The maximum atomic E-state index is 11.6. The molecule has 0 aliphatic heterocycles. The van der Waals surface area contributed by atoms with Gasteiger partial charge in [0, 0.05) is 17.7 Å². The Balaban J connectivity index is 2.30. The third-order valence-electron chi connectivity index (χ3n) is 4.54. The number of rotatable bonds is 1. The predicted molar refractivity (Wildman–Crippen MR) is 77.1 cm³/mol. The lowest BCUT2D eigenvalue weighted by Crippen LogP contribution is -2.50. The number of hydrogen-bond acceptors (Lipinski definition) is 2. The fourth-order valence-electron chi connectivity index (χ4n) is 3.87. The van der Waals surface area contributed by atoms with E-state index < -0.39 is 0 Å². The van der Waals surface area contributed by atoms with Gasteiger partial charge >= 0.3 is 0 Å². The van der Waals surface area contributed by atoms with Gasteiger partial charge in [0.15, 0.2) is 0 Å². The average Bonchev–Trinajstić information content (AvgIpc) is 2.37. The SMILES string of the molecule is C/C=C1\C2C=C(C)C[C@@]1(NC)c1ccc(=O)[nH]c1C2. The first-order valence-corrected chi connectivity index (χ1v) is 6.86. The van der Waals surface area contributed by atoms with Gasteiger partial charge in [-0.25, -0.2) is 0 Å². The van der Waals surface area contributed by atoms with Gasteiger partial charge in [-0.2, -0.15) is 0 Å². The van der Waals surface area contributed by atoms with Crippen molar-refractivity contribution in [2.24, 2.45) is 5.92 Å². The fourth-order valence-corrected chi connectivity index (χ4v) is 3.87. The van der Waals surface area contributed by atoms with Crippen LogP contribution >= 0.6 is 0 Å². The molecule has 19 heavy (non-hydrogen) atoms. The van der Waals surface area contributed by atoms with Crippen molar-refractivity contribution in [2.75, 3.05) is 7.05 Å². The zero-order chi connectivity index (χ0) is 13.6. The van der Waals surface area contributed by atoms with Crippen molar-refractivity contribution in [3.05, 3.63) is 57.0 Å². The predicted octanol–water partition coefficient (Wildman–Crippen LogP) is 2.26. The molecule has 0 fully saturated rings. The Bertz CT molecular complexity index is 638. The van der Waals surface area contributed by atoms with Crippen LogP contribution in [0.1, 0.15) is 31.5 Å². The number of aromatic nitrogens is 1. The van der Waals surface area contributed by atoms with Gasteiger partial charge in [-0.3, -0.25) is 4.79 Å². The molecule has 3 nitrogen and oxygen atoms in total. The molecule has 0 radical (unpaired) electrons. The maximum absolute atomic E-state index is 11.6. The quantitative estimate of drug-likeness (QED) is 0.757. The number of allylic oxidation sites excluding steroid dienone is 2. The summed E-state index contributed by atoms with van der Waals surface area (Å²) in [4.78, 5) is 14.6. The van der Waals surface area contributed by atoms with Crippen LogP contribution in [0.4, 0.5) is 0 Å². The van der Waals surface area contributed by atoms with Gasteiger partial charge in [0.2, 0.25) is 5.56 Å². The molecule has 100 valence electrons. The highest BCUT2D eigenvalue weighted by Crippen LogP contribution is 2.48. The van der Waals surface area contributed by atoms with Crippen molar-refractivity contribution in [1.29, 1.82) is 0 Å². The van der Waals surface area contributed by atoms with Crippen LogP contribution in [0, 0.1) is 5.92 Å². The Morgan fingerprint density at radius 3 is 2.95 bits per heavy atom. The number of H-pyrrole nitrogens is 1. The molecule has 2 aliphatic carbocycles. The van der Waals surface area contributed by atoms with Crippen molar-refractivity contribution >= 4 is 0 Å². The molecule has 2 atom stereocenters. The Hall–Kier alpha value is -1.61. The topological polar surface area (TPSA) is 44.9 Å². The first-order valence-electron chi connectivity index (χ1n) is 6.86. The normalized spacial score (nSPS) is 31.0. The summed E-state index contributed by atoms with van der Waals surface area (Å²) in [7, 11) is 2.01. The largest absolute Gasteiger partial charge is 0.326 e. The average molecular weight is 256 g/mol. The molecule has 2 aliphatic rings. The number of pyridine rings is 1. The first kappa shape index (κ1) is 12.4.